The first-order valence-electron chi connectivity index (χ1n) is 6.83. The van der Waals surface area contributed by atoms with Gasteiger partial charge >= 0.3 is 0 Å². The molecule has 0 unspecified atom stereocenters. The number of hydrogen-bond donors (Lipinski definition) is 1. The molecule has 0 spiro atoms. The zero-order valence-corrected chi connectivity index (χ0v) is 10.8. The van der Waals surface area contributed by atoms with Crippen molar-refractivity contribution in [2.45, 2.75) is 44.6 Å². The van der Waals surface area contributed by atoms with Gasteiger partial charge in [0.05, 0.1) is 0 Å². The Bertz CT molecular complexity index is 397. The summed E-state index contributed by atoms with van der Waals surface area (Å²) < 4.78 is 0. The molecule has 1 aliphatic rings. The minimum atomic E-state index is 0.200. The molecule has 2 rings (SSSR count). The Balaban J connectivity index is 1.64. The van der Waals surface area contributed by atoms with Gasteiger partial charge in [0.15, 0.2) is 0 Å². The van der Waals surface area contributed by atoms with Crippen molar-refractivity contribution in [1.82, 2.24) is 5.32 Å². The summed E-state index contributed by atoms with van der Waals surface area (Å²) in [6, 6.07) is 10.7. The molecule has 0 heterocycles. The summed E-state index contributed by atoms with van der Waals surface area (Å²) in [5, 5.41) is 3.11. The van der Waals surface area contributed by atoms with Crippen molar-refractivity contribution in [3.05, 3.63) is 48.0 Å². The maximum Gasteiger partial charge on any atom is 0.220 e. The Hall–Kier alpha value is -1.57. The number of allylic oxidation sites excluding steroid dienone is 1. The van der Waals surface area contributed by atoms with Crippen molar-refractivity contribution >= 4 is 5.91 Å². The first-order chi connectivity index (χ1) is 8.84. The van der Waals surface area contributed by atoms with Crippen LogP contribution in [0.25, 0.3) is 0 Å². The highest BCUT2D eigenvalue weighted by Crippen LogP contribution is 2.11. The average Bonchev–Trinajstić information content (AvgIpc) is 2.41. The van der Waals surface area contributed by atoms with Gasteiger partial charge in [0.2, 0.25) is 5.91 Å². The van der Waals surface area contributed by atoms with Crippen LogP contribution in [0.15, 0.2) is 42.5 Å². The summed E-state index contributed by atoms with van der Waals surface area (Å²) >= 11 is 0. The molecule has 1 aromatic rings. The Kier molecular flexibility index (Phi) is 5.00. The van der Waals surface area contributed by atoms with Gasteiger partial charge in [0.25, 0.3) is 0 Å². The van der Waals surface area contributed by atoms with Crippen LogP contribution in [0, 0.1) is 0 Å². The Labute approximate surface area is 109 Å². The highest BCUT2D eigenvalue weighted by molar-refractivity contribution is 5.76. The third-order valence-electron chi connectivity index (χ3n) is 3.35. The normalized spacial score (nSPS) is 18.6. The van der Waals surface area contributed by atoms with Gasteiger partial charge in [-0.1, -0.05) is 42.5 Å². The second-order valence-electron chi connectivity index (χ2n) is 4.89. The van der Waals surface area contributed by atoms with E-state index in [9.17, 15) is 4.79 Å². The van der Waals surface area contributed by atoms with Crippen molar-refractivity contribution in [2.75, 3.05) is 0 Å². The summed E-state index contributed by atoms with van der Waals surface area (Å²) in [6.45, 7) is 0. The zero-order chi connectivity index (χ0) is 12.6. The second-order valence-corrected chi connectivity index (χ2v) is 4.89. The maximum atomic E-state index is 11.8. The van der Waals surface area contributed by atoms with E-state index in [-0.39, 0.29) is 5.91 Å². The standard InChI is InChI=1S/C16H21NO/c18-16(17-15-11-5-2-6-12-15)13-7-10-14-8-3-1-4-9-14/h1-5,8-9,15H,6-7,10-13H2,(H,17,18)/t15-/m1/s1. The average molecular weight is 243 g/mol. The van der Waals surface area contributed by atoms with Crippen molar-refractivity contribution in [3.8, 4) is 0 Å². The van der Waals surface area contributed by atoms with Crippen LogP contribution in [0.3, 0.4) is 0 Å². The first kappa shape index (κ1) is 12.9. The lowest BCUT2D eigenvalue weighted by Gasteiger charge is -2.19. The maximum absolute atomic E-state index is 11.8. The second kappa shape index (κ2) is 7.00. The van der Waals surface area contributed by atoms with Crippen LogP contribution in [-0.4, -0.2) is 11.9 Å². The van der Waals surface area contributed by atoms with E-state index in [1.54, 1.807) is 0 Å². The topological polar surface area (TPSA) is 29.1 Å². The van der Waals surface area contributed by atoms with Crippen molar-refractivity contribution in [1.29, 1.82) is 0 Å². The van der Waals surface area contributed by atoms with Gasteiger partial charge in [0, 0.05) is 12.5 Å². The molecule has 18 heavy (non-hydrogen) atoms. The molecule has 0 saturated carbocycles. The van der Waals surface area contributed by atoms with Crippen LogP contribution in [0.2, 0.25) is 0 Å². The fraction of sp³-hybridized carbons (Fsp3) is 0.438. The molecule has 1 N–H and O–H groups in total. The molecule has 0 bridgehead atoms. The van der Waals surface area contributed by atoms with E-state index in [1.807, 2.05) is 18.2 Å². The van der Waals surface area contributed by atoms with Crippen LogP contribution in [0.4, 0.5) is 0 Å². The van der Waals surface area contributed by atoms with E-state index in [1.165, 1.54) is 5.56 Å². The number of carbonyl (C=O) groups excluding carboxylic acids is 1. The minimum Gasteiger partial charge on any atom is -0.353 e. The molecule has 0 fully saturated rings. The Morgan fingerprint density at radius 2 is 2.06 bits per heavy atom. The van der Waals surface area contributed by atoms with Crippen LogP contribution in [0.5, 0.6) is 0 Å². The van der Waals surface area contributed by atoms with Gasteiger partial charge in [-0.3, -0.25) is 4.79 Å². The summed E-state index contributed by atoms with van der Waals surface area (Å²) in [7, 11) is 0. The predicted molar refractivity (Wildman–Crippen MR) is 74.3 cm³/mol. The molecule has 1 aromatic carbocycles. The van der Waals surface area contributed by atoms with Gasteiger partial charge in [-0.05, 0) is 37.7 Å². The number of hydrogen-bond acceptors (Lipinski definition) is 1. The quantitative estimate of drug-likeness (QED) is 0.790. The van der Waals surface area contributed by atoms with E-state index in [0.29, 0.717) is 12.5 Å². The van der Waals surface area contributed by atoms with Crippen LogP contribution in [-0.2, 0) is 11.2 Å². The number of amides is 1. The minimum absolute atomic E-state index is 0.200. The Morgan fingerprint density at radius 3 is 2.78 bits per heavy atom. The van der Waals surface area contributed by atoms with Gasteiger partial charge in [-0.2, -0.15) is 0 Å². The predicted octanol–water partition coefficient (Wildman–Crippen LogP) is 3.23. The van der Waals surface area contributed by atoms with Crippen LogP contribution >= 0.6 is 0 Å². The molecule has 0 radical (unpaired) electrons. The first-order valence-corrected chi connectivity index (χ1v) is 6.83. The van der Waals surface area contributed by atoms with Crippen molar-refractivity contribution in [2.24, 2.45) is 0 Å². The van der Waals surface area contributed by atoms with E-state index < -0.39 is 0 Å². The third-order valence-corrected chi connectivity index (χ3v) is 3.35. The molecule has 0 aliphatic heterocycles. The van der Waals surface area contributed by atoms with Crippen LogP contribution < -0.4 is 5.32 Å². The number of carbonyl (C=O) groups is 1. The Morgan fingerprint density at radius 1 is 1.22 bits per heavy atom. The van der Waals surface area contributed by atoms with E-state index in [4.69, 9.17) is 0 Å². The lowest BCUT2D eigenvalue weighted by atomic mass is 10.0. The van der Waals surface area contributed by atoms with Gasteiger partial charge in [-0.15, -0.1) is 0 Å². The largest absolute Gasteiger partial charge is 0.353 e. The molecule has 1 amide bonds. The highest BCUT2D eigenvalue weighted by atomic mass is 16.1. The van der Waals surface area contributed by atoms with Crippen molar-refractivity contribution < 1.29 is 4.79 Å². The fourth-order valence-corrected chi connectivity index (χ4v) is 2.32. The monoisotopic (exact) mass is 243 g/mol. The smallest absolute Gasteiger partial charge is 0.220 e. The molecule has 0 saturated heterocycles. The number of rotatable bonds is 5. The van der Waals surface area contributed by atoms with Gasteiger partial charge in [-0.25, -0.2) is 0 Å². The summed E-state index contributed by atoms with van der Waals surface area (Å²) in [6.07, 6.45) is 10.1. The van der Waals surface area contributed by atoms with Gasteiger partial charge in [0.1, 0.15) is 0 Å². The van der Waals surface area contributed by atoms with E-state index in [0.717, 1.165) is 32.1 Å². The van der Waals surface area contributed by atoms with Crippen LogP contribution in [0.1, 0.15) is 37.7 Å². The summed E-state index contributed by atoms with van der Waals surface area (Å²) in [5.41, 5.74) is 1.31. The van der Waals surface area contributed by atoms with E-state index >= 15 is 0 Å². The molecule has 2 nitrogen and oxygen atoms in total. The lowest BCUT2D eigenvalue weighted by Crippen LogP contribution is -2.35. The number of aryl methyl sites for hydroxylation is 1. The number of benzene rings is 1. The fourth-order valence-electron chi connectivity index (χ4n) is 2.32. The third kappa shape index (κ3) is 4.36. The summed E-state index contributed by atoms with van der Waals surface area (Å²) in [4.78, 5) is 11.8. The molecule has 0 aromatic heterocycles. The summed E-state index contributed by atoms with van der Waals surface area (Å²) in [5.74, 6) is 0.200. The molecule has 96 valence electrons. The van der Waals surface area contributed by atoms with E-state index in [2.05, 4.69) is 29.6 Å². The molecular weight excluding hydrogens is 222 g/mol. The molecular formula is C16H21NO. The number of nitrogens with one attached hydrogen (secondary N) is 1. The SMILES string of the molecule is O=C(CCCc1ccccc1)N[C@@H]1CC=CCC1. The lowest BCUT2D eigenvalue weighted by molar-refractivity contribution is -0.121. The highest BCUT2D eigenvalue weighted by Gasteiger charge is 2.12. The molecule has 1 atom stereocenters. The van der Waals surface area contributed by atoms with Gasteiger partial charge < -0.3 is 5.32 Å². The molecule has 2 heteroatoms. The molecule has 1 aliphatic carbocycles. The zero-order valence-electron chi connectivity index (χ0n) is 10.8. The van der Waals surface area contributed by atoms with Crippen molar-refractivity contribution in [3.63, 3.8) is 0 Å².